The van der Waals surface area contributed by atoms with Crippen LogP contribution >= 0.6 is 11.3 Å². The molecular formula is C20H22N4O3S2. The fraction of sp³-hybridized carbons (Fsp3) is 0.200. The Morgan fingerprint density at radius 2 is 1.90 bits per heavy atom. The van der Waals surface area contributed by atoms with Gasteiger partial charge in [-0.05, 0) is 42.0 Å². The minimum atomic E-state index is -3.52. The van der Waals surface area contributed by atoms with E-state index >= 15 is 0 Å². The summed E-state index contributed by atoms with van der Waals surface area (Å²) in [6.45, 7) is 4.49. The summed E-state index contributed by atoms with van der Waals surface area (Å²) in [6.07, 6.45) is 1.62. The molecule has 3 rings (SSSR count). The van der Waals surface area contributed by atoms with Crippen molar-refractivity contribution in [2.24, 2.45) is 5.10 Å². The van der Waals surface area contributed by atoms with Gasteiger partial charge in [0.1, 0.15) is 5.75 Å². The third-order valence-electron chi connectivity index (χ3n) is 4.24. The van der Waals surface area contributed by atoms with E-state index in [-0.39, 0.29) is 10.6 Å². The molecule has 0 aliphatic heterocycles. The predicted molar refractivity (Wildman–Crippen MR) is 117 cm³/mol. The van der Waals surface area contributed by atoms with Crippen LogP contribution in [0.4, 0.5) is 5.13 Å². The summed E-state index contributed by atoms with van der Waals surface area (Å²) < 4.78 is 26.9. The Bertz CT molecular complexity index is 1090. The average Bonchev–Trinajstić information content (AvgIpc) is 3.19. The molecule has 0 atom stereocenters. The van der Waals surface area contributed by atoms with Crippen LogP contribution < -0.4 is 5.43 Å². The zero-order chi connectivity index (χ0) is 20.9. The molecule has 3 aromatic rings. The molecule has 29 heavy (non-hydrogen) atoms. The van der Waals surface area contributed by atoms with Gasteiger partial charge >= 0.3 is 0 Å². The van der Waals surface area contributed by atoms with Crippen LogP contribution in [0, 0.1) is 0 Å². The standard InChI is InChI=1S/C20H22N4O3S2/c1-3-24(4-2)29(26,27)18-7-5-6-16(12-18)19-14-28-20(22-19)23-21-13-15-8-10-17(25)11-9-15/h5-14,25H,3-4H2,1-2H3,(H,22,23). The number of rotatable bonds is 8. The van der Waals surface area contributed by atoms with Crippen molar-refractivity contribution in [1.82, 2.24) is 9.29 Å². The van der Waals surface area contributed by atoms with Gasteiger partial charge in [0.25, 0.3) is 0 Å². The molecule has 0 amide bonds. The second kappa shape index (κ2) is 9.17. The highest BCUT2D eigenvalue weighted by Crippen LogP contribution is 2.27. The number of phenols is 1. The summed E-state index contributed by atoms with van der Waals surface area (Å²) >= 11 is 1.37. The molecule has 0 fully saturated rings. The first-order chi connectivity index (χ1) is 13.9. The van der Waals surface area contributed by atoms with Crippen LogP contribution in [-0.2, 0) is 10.0 Å². The highest BCUT2D eigenvalue weighted by Gasteiger charge is 2.22. The summed E-state index contributed by atoms with van der Waals surface area (Å²) in [5.74, 6) is 0.199. The predicted octanol–water partition coefficient (Wildman–Crippen LogP) is 3.99. The minimum Gasteiger partial charge on any atom is -0.508 e. The molecule has 0 radical (unpaired) electrons. The van der Waals surface area contributed by atoms with Gasteiger partial charge in [0.2, 0.25) is 15.2 Å². The van der Waals surface area contributed by atoms with E-state index in [0.29, 0.717) is 23.9 Å². The zero-order valence-electron chi connectivity index (χ0n) is 16.1. The zero-order valence-corrected chi connectivity index (χ0v) is 17.7. The van der Waals surface area contributed by atoms with Gasteiger partial charge in [-0.2, -0.15) is 9.41 Å². The molecule has 0 aliphatic rings. The number of benzene rings is 2. The molecule has 0 bridgehead atoms. The number of thiazole rings is 1. The van der Waals surface area contributed by atoms with Crippen molar-refractivity contribution in [3.05, 3.63) is 59.5 Å². The summed E-state index contributed by atoms with van der Waals surface area (Å²) in [5, 5.41) is 15.9. The Hall–Kier alpha value is -2.75. The first kappa shape index (κ1) is 21.0. The molecule has 1 aromatic heterocycles. The van der Waals surface area contributed by atoms with E-state index in [1.54, 1.807) is 48.7 Å². The van der Waals surface area contributed by atoms with Gasteiger partial charge in [-0.15, -0.1) is 11.3 Å². The van der Waals surface area contributed by atoms with E-state index in [4.69, 9.17) is 0 Å². The highest BCUT2D eigenvalue weighted by atomic mass is 32.2. The van der Waals surface area contributed by atoms with Crippen LogP contribution in [-0.4, -0.2) is 42.1 Å². The van der Waals surface area contributed by atoms with Gasteiger partial charge in [0, 0.05) is 24.0 Å². The van der Waals surface area contributed by atoms with Gasteiger partial charge in [-0.1, -0.05) is 26.0 Å². The lowest BCUT2D eigenvalue weighted by molar-refractivity contribution is 0.445. The molecule has 0 saturated heterocycles. The summed E-state index contributed by atoms with van der Waals surface area (Å²) in [6, 6.07) is 13.5. The monoisotopic (exact) mass is 430 g/mol. The molecule has 9 heteroatoms. The maximum Gasteiger partial charge on any atom is 0.243 e. The minimum absolute atomic E-state index is 0.199. The molecule has 0 spiro atoms. The van der Waals surface area contributed by atoms with E-state index in [2.05, 4.69) is 15.5 Å². The normalized spacial score (nSPS) is 12.0. The summed E-state index contributed by atoms with van der Waals surface area (Å²) in [7, 11) is -3.52. The lowest BCUT2D eigenvalue weighted by atomic mass is 10.2. The summed E-state index contributed by atoms with van der Waals surface area (Å²) in [4.78, 5) is 4.74. The van der Waals surface area contributed by atoms with Crippen LogP contribution in [0.3, 0.4) is 0 Å². The van der Waals surface area contributed by atoms with Crippen molar-refractivity contribution in [3.63, 3.8) is 0 Å². The van der Waals surface area contributed by atoms with E-state index < -0.39 is 10.0 Å². The lowest BCUT2D eigenvalue weighted by Crippen LogP contribution is -2.30. The third-order valence-corrected chi connectivity index (χ3v) is 7.04. The second-order valence-electron chi connectivity index (χ2n) is 6.12. The molecule has 152 valence electrons. The number of phenolic OH excluding ortho intramolecular Hbond substituents is 1. The molecule has 0 aliphatic carbocycles. The van der Waals surface area contributed by atoms with Crippen molar-refractivity contribution >= 4 is 32.7 Å². The smallest absolute Gasteiger partial charge is 0.243 e. The molecule has 2 aromatic carbocycles. The van der Waals surface area contributed by atoms with Gasteiger partial charge < -0.3 is 5.11 Å². The molecule has 2 N–H and O–H groups in total. The fourth-order valence-corrected chi connectivity index (χ4v) is 4.88. The van der Waals surface area contributed by atoms with Gasteiger partial charge in [-0.25, -0.2) is 13.4 Å². The number of aromatic hydroxyl groups is 1. The van der Waals surface area contributed by atoms with E-state index in [1.165, 1.54) is 15.6 Å². The van der Waals surface area contributed by atoms with Crippen molar-refractivity contribution in [2.45, 2.75) is 18.7 Å². The van der Waals surface area contributed by atoms with Crippen LogP contribution in [0.1, 0.15) is 19.4 Å². The quantitative estimate of drug-likeness (QED) is 0.416. The topological polar surface area (TPSA) is 94.9 Å². The van der Waals surface area contributed by atoms with Gasteiger partial charge in [0.05, 0.1) is 16.8 Å². The van der Waals surface area contributed by atoms with Gasteiger partial charge in [0.15, 0.2) is 0 Å². The second-order valence-corrected chi connectivity index (χ2v) is 8.91. The van der Waals surface area contributed by atoms with E-state index in [9.17, 15) is 13.5 Å². The molecule has 0 unspecified atom stereocenters. The van der Waals surface area contributed by atoms with Crippen LogP contribution in [0.25, 0.3) is 11.3 Å². The van der Waals surface area contributed by atoms with E-state index in [1.807, 2.05) is 25.3 Å². The number of hydrogen-bond acceptors (Lipinski definition) is 7. The number of anilines is 1. The summed E-state index contributed by atoms with van der Waals surface area (Å²) in [5.41, 5.74) is 5.10. The number of sulfonamides is 1. The molecule has 0 saturated carbocycles. The van der Waals surface area contributed by atoms with Crippen molar-refractivity contribution < 1.29 is 13.5 Å². The lowest BCUT2D eigenvalue weighted by Gasteiger charge is -2.18. The van der Waals surface area contributed by atoms with Gasteiger partial charge in [-0.3, -0.25) is 5.43 Å². The fourth-order valence-electron chi connectivity index (χ4n) is 2.71. The third kappa shape index (κ3) is 5.00. The first-order valence-electron chi connectivity index (χ1n) is 9.08. The number of hydrogen-bond donors (Lipinski definition) is 2. The number of aromatic nitrogens is 1. The SMILES string of the molecule is CCN(CC)S(=O)(=O)c1cccc(-c2csc(NN=Cc3ccc(O)cc3)n2)c1. The molecule has 7 nitrogen and oxygen atoms in total. The number of nitrogens with one attached hydrogen (secondary N) is 1. The van der Waals surface area contributed by atoms with Crippen LogP contribution in [0.15, 0.2) is 63.9 Å². The van der Waals surface area contributed by atoms with Crippen LogP contribution in [0.2, 0.25) is 0 Å². The van der Waals surface area contributed by atoms with Crippen molar-refractivity contribution in [3.8, 4) is 17.0 Å². The van der Waals surface area contributed by atoms with Crippen molar-refractivity contribution in [2.75, 3.05) is 18.5 Å². The Balaban J connectivity index is 1.76. The first-order valence-corrected chi connectivity index (χ1v) is 11.4. The average molecular weight is 431 g/mol. The Kier molecular flexibility index (Phi) is 6.63. The Morgan fingerprint density at radius 1 is 1.17 bits per heavy atom. The van der Waals surface area contributed by atoms with Crippen molar-refractivity contribution in [1.29, 1.82) is 0 Å². The number of hydrazone groups is 1. The molecule has 1 heterocycles. The van der Waals surface area contributed by atoms with E-state index in [0.717, 1.165) is 11.1 Å². The highest BCUT2D eigenvalue weighted by molar-refractivity contribution is 7.89. The maximum atomic E-state index is 12.7. The number of nitrogens with zero attached hydrogens (tertiary/aromatic N) is 3. The Labute approximate surface area is 174 Å². The maximum absolute atomic E-state index is 12.7. The molecular weight excluding hydrogens is 408 g/mol. The Morgan fingerprint density at radius 3 is 2.59 bits per heavy atom. The largest absolute Gasteiger partial charge is 0.508 e. The van der Waals surface area contributed by atoms with Crippen LogP contribution in [0.5, 0.6) is 5.75 Å².